The molecule has 80 valence electrons. The summed E-state index contributed by atoms with van der Waals surface area (Å²) in [6.45, 7) is 2.56. The summed E-state index contributed by atoms with van der Waals surface area (Å²) in [5, 5.41) is 6.37. The Balaban J connectivity index is 2.37. The minimum absolute atomic E-state index is 0.221. The Morgan fingerprint density at radius 2 is 2.29 bits per heavy atom. The highest BCUT2D eigenvalue weighted by Crippen LogP contribution is 1.91. The highest BCUT2D eigenvalue weighted by molar-refractivity contribution is 7.87. The van der Waals surface area contributed by atoms with Crippen molar-refractivity contribution in [3.05, 3.63) is 18.0 Å². The van der Waals surface area contributed by atoms with Gasteiger partial charge in [0, 0.05) is 12.7 Å². The molecule has 6 nitrogen and oxygen atoms in total. The first-order chi connectivity index (χ1) is 6.64. The van der Waals surface area contributed by atoms with Crippen molar-refractivity contribution in [3.8, 4) is 0 Å². The molecular weight excluding hydrogens is 204 g/mol. The summed E-state index contributed by atoms with van der Waals surface area (Å²) in [6, 6.07) is 1.71. The largest absolute Gasteiger partial charge is 0.281 e. The van der Waals surface area contributed by atoms with Crippen molar-refractivity contribution >= 4 is 10.2 Å². The summed E-state index contributed by atoms with van der Waals surface area (Å²) in [4.78, 5) is 0. The van der Waals surface area contributed by atoms with Crippen LogP contribution < -0.4 is 9.44 Å². The molecule has 0 fully saturated rings. The number of nitrogens with one attached hydrogen (secondary N) is 3. The zero-order chi connectivity index (χ0) is 10.4. The molecule has 3 N–H and O–H groups in total. The number of H-pyrrole nitrogens is 1. The fraction of sp³-hybridized carbons (Fsp3) is 0.571. The lowest BCUT2D eigenvalue weighted by Crippen LogP contribution is -2.36. The van der Waals surface area contributed by atoms with E-state index in [1.165, 1.54) is 0 Å². The van der Waals surface area contributed by atoms with E-state index in [2.05, 4.69) is 19.6 Å². The van der Waals surface area contributed by atoms with Crippen LogP contribution in [0.3, 0.4) is 0 Å². The first-order valence-corrected chi connectivity index (χ1v) is 5.85. The Morgan fingerprint density at radius 1 is 1.50 bits per heavy atom. The zero-order valence-corrected chi connectivity index (χ0v) is 8.76. The summed E-state index contributed by atoms with van der Waals surface area (Å²) >= 11 is 0. The third-order valence-electron chi connectivity index (χ3n) is 1.55. The Morgan fingerprint density at radius 3 is 2.86 bits per heavy atom. The predicted molar refractivity (Wildman–Crippen MR) is 52.6 cm³/mol. The van der Waals surface area contributed by atoms with Crippen LogP contribution in [0.25, 0.3) is 0 Å². The summed E-state index contributed by atoms with van der Waals surface area (Å²) in [5.41, 5.74) is 0.729. The van der Waals surface area contributed by atoms with Crippen LogP contribution in [0.4, 0.5) is 0 Å². The molecule has 0 aliphatic heterocycles. The topological polar surface area (TPSA) is 86.9 Å². The number of hydrogen-bond donors (Lipinski definition) is 3. The number of aromatic amines is 1. The second kappa shape index (κ2) is 5.08. The molecular formula is C7H14N4O2S. The van der Waals surface area contributed by atoms with Crippen molar-refractivity contribution in [1.82, 2.24) is 19.6 Å². The van der Waals surface area contributed by atoms with Gasteiger partial charge in [-0.2, -0.15) is 18.2 Å². The molecule has 0 saturated carbocycles. The summed E-state index contributed by atoms with van der Waals surface area (Å²) in [6.07, 6.45) is 2.34. The molecule has 7 heteroatoms. The van der Waals surface area contributed by atoms with E-state index in [1.54, 1.807) is 12.3 Å². The summed E-state index contributed by atoms with van der Waals surface area (Å²) < 4.78 is 27.2. The fourth-order valence-electron chi connectivity index (χ4n) is 0.843. The molecule has 1 rings (SSSR count). The first kappa shape index (κ1) is 11.2. The van der Waals surface area contributed by atoms with Crippen LogP contribution in [0.15, 0.2) is 12.3 Å². The smallest absolute Gasteiger partial charge is 0.277 e. The number of aromatic nitrogens is 2. The maximum Gasteiger partial charge on any atom is 0.277 e. The van der Waals surface area contributed by atoms with E-state index in [0.717, 1.165) is 12.1 Å². The number of hydrogen-bond acceptors (Lipinski definition) is 3. The maximum absolute atomic E-state index is 11.2. The number of rotatable bonds is 6. The molecule has 0 unspecified atom stereocenters. The maximum atomic E-state index is 11.2. The van der Waals surface area contributed by atoms with E-state index in [-0.39, 0.29) is 6.54 Å². The fourth-order valence-corrected chi connectivity index (χ4v) is 1.76. The van der Waals surface area contributed by atoms with E-state index in [9.17, 15) is 8.42 Å². The lowest BCUT2D eigenvalue weighted by atomic mass is 10.4. The molecule has 0 saturated heterocycles. The SMILES string of the molecule is CCCNS(=O)(=O)NCc1ccn[nH]1. The molecule has 1 aromatic heterocycles. The molecule has 14 heavy (non-hydrogen) atoms. The van der Waals surface area contributed by atoms with E-state index in [4.69, 9.17) is 0 Å². The van der Waals surface area contributed by atoms with Gasteiger partial charge in [0.25, 0.3) is 10.2 Å². The van der Waals surface area contributed by atoms with Crippen LogP contribution in [-0.4, -0.2) is 25.2 Å². The van der Waals surface area contributed by atoms with E-state index < -0.39 is 10.2 Å². The molecule has 0 bridgehead atoms. The van der Waals surface area contributed by atoms with Crippen LogP contribution in [0.2, 0.25) is 0 Å². The van der Waals surface area contributed by atoms with Gasteiger partial charge in [-0.05, 0) is 12.5 Å². The van der Waals surface area contributed by atoms with Crippen LogP contribution in [0.5, 0.6) is 0 Å². The van der Waals surface area contributed by atoms with Crippen LogP contribution in [0.1, 0.15) is 19.0 Å². The minimum atomic E-state index is -3.37. The Bertz CT molecular complexity index is 346. The van der Waals surface area contributed by atoms with Gasteiger partial charge >= 0.3 is 0 Å². The van der Waals surface area contributed by atoms with Gasteiger partial charge in [-0.25, -0.2) is 4.72 Å². The molecule has 0 spiro atoms. The molecule has 0 aliphatic rings. The zero-order valence-electron chi connectivity index (χ0n) is 7.95. The Hall–Kier alpha value is -0.920. The lowest BCUT2D eigenvalue weighted by molar-refractivity contribution is 0.564. The Labute approximate surface area is 83.3 Å². The number of nitrogens with zero attached hydrogens (tertiary/aromatic N) is 1. The molecule has 1 heterocycles. The third kappa shape index (κ3) is 3.86. The normalized spacial score (nSPS) is 11.8. The monoisotopic (exact) mass is 218 g/mol. The first-order valence-electron chi connectivity index (χ1n) is 4.36. The van der Waals surface area contributed by atoms with Crippen LogP contribution >= 0.6 is 0 Å². The second-order valence-corrected chi connectivity index (χ2v) is 4.38. The van der Waals surface area contributed by atoms with Gasteiger partial charge in [0.2, 0.25) is 0 Å². The van der Waals surface area contributed by atoms with Gasteiger partial charge < -0.3 is 0 Å². The van der Waals surface area contributed by atoms with Crippen molar-refractivity contribution < 1.29 is 8.42 Å². The van der Waals surface area contributed by atoms with Crippen molar-refractivity contribution in [2.75, 3.05) is 6.54 Å². The van der Waals surface area contributed by atoms with E-state index in [0.29, 0.717) is 6.54 Å². The average molecular weight is 218 g/mol. The molecule has 0 amide bonds. The van der Waals surface area contributed by atoms with Crippen LogP contribution in [-0.2, 0) is 16.8 Å². The van der Waals surface area contributed by atoms with Gasteiger partial charge in [0.05, 0.1) is 12.2 Å². The van der Waals surface area contributed by atoms with Gasteiger partial charge in [0.15, 0.2) is 0 Å². The highest BCUT2D eigenvalue weighted by Gasteiger charge is 2.07. The molecule has 1 aromatic rings. The Kier molecular flexibility index (Phi) is 4.05. The van der Waals surface area contributed by atoms with E-state index >= 15 is 0 Å². The predicted octanol–water partition coefficient (Wildman–Crippen LogP) is -0.256. The second-order valence-electron chi connectivity index (χ2n) is 2.80. The van der Waals surface area contributed by atoms with E-state index in [1.807, 2.05) is 6.92 Å². The highest BCUT2D eigenvalue weighted by atomic mass is 32.2. The van der Waals surface area contributed by atoms with Crippen molar-refractivity contribution in [2.45, 2.75) is 19.9 Å². The van der Waals surface area contributed by atoms with Gasteiger partial charge in [-0.3, -0.25) is 5.10 Å². The van der Waals surface area contributed by atoms with Crippen molar-refractivity contribution in [1.29, 1.82) is 0 Å². The molecule has 0 aliphatic carbocycles. The molecule has 0 aromatic carbocycles. The van der Waals surface area contributed by atoms with Crippen LogP contribution in [0, 0.1) is 0 Å². The van der Waals surface area contributed by atoms with Crippen molar-refractivity contribution in [2.24, 2.45) is 0 Å². The summed E-state index contributed by atoms with van der Waals surface area (Å²) in [7, 11) is -3.37. The summed E-state index contributed by atoms with van der Waals surface area (Å²) in [5.74, 6) is 0. The lowest BCUT2D eigenvalue weighted by Gasteiger charge is -2.05. The molecule has 0 radical (unpaired) electrons. The third-order valence-corrected chi connectivity index (χ3v) is 2.66. The standard InChI is InChI=1S/C7H14N4O2S/c1-2-4-9-14(12,13)10-6-7-3-5-8-11-7/h3,5,9-10H,2,4,6H2,1H3,(H,8,11). The average Bonchev–Trinajstić information content (AvgIpc) is 2.64. The quantitative estimate of drug-likeness (QED) is 0.615. The van der Waals surface area contributed by atoms with Gasteiger partial charge in [-0.1, -0.05) is 6.92 Å². The van der Waals surface area contributed by atoms with Crippen molar-refractivity contribution in [3.63, 3.8) is 0 Å². The molecule has 0 atom stereocenters. The minimum Gasteiger partial charge on any atom is -0.281 e. The van der Waals surface area contributed by atoms with Gasteiger partial charge in [-0.15, -0.1) is 0 Å². The van der Waals surface area contributed by atoms with Gasteiger partial charge in [0.1, 0.15) is 0 Å².